The number of aryl methyl sites for hydroxylation is 1. The summed E-state index contributed by atoms with van der Waals surface area (Å²) in [4.78, 5) is 31.0. The molecule has 0 aliphatic carbocycles. The van der Waals surface area contributed by atoms with Crippen LogP contribution >= 0.6 is 23.5 Å². The van der Waals surface area contributed by atoms with Crippen molar-refractivity contribution < 1.29 is 9.21 Å². The Labute approximate surface area is 192 Å². The van der Waals surface area contributed by atoms with Gasteiger partial charge in [0.15, 0.2) is 10.3 Å². The Morgan fingerprint density at radius 3 is 2.75 bits per heavy atom. The van der Waals surface area contributed by atoms with Crippen LogP contribution in [0.25, 0.3) is 5.69 Å². The van der Waals surface area contributed by atoms with Gasteiger partial charge in [0.2, 0.25) is 5.91 Å². The van der Waals surface area contributed by atoms with Crippen LogP contribution in [0.15, 0.2) is 74.3 Å². The standard InChI is InChI=1S/C21H20N6O3S2/c1-14-10-18(28)24-20(23-14)31-12-17-25-26-21(27(17)15-6-3-2-4-7-15)32-13-19(29)22-11-16-8-5-9-30-16/h2-10H,11-13H2,1H3,(H,22,29)(H,23,24,28). The van der Waals surface area contributed by atoms with Gasteiger partial charge >= 0.3 is 0 Å². The van der Waals surface area contributed by atoms with Gasteiger partial charge in [-0.05, 0) is 31.2 Å². The fourth-order valence-corrected chi connectivity index (χ4v) is 4.49. The number of hydrogen-bond donors (Lipinski definition) is 2. The van der Waals surface area contributed by atoms with Gasteiger partial charge in [-0.25, -0.2) is 4.98 Å². The van der Waals surface area contributed by atoms with E-state index in [0.29, 0.717) is 39.9 Å². The number of carbonyl (C=O) groups excluding carboxylic acids is 1. The number of nitrogens with zero attached hydrogens (tertiary/aromatic N) is 4. The number of thioether (sulfide) groups is 2. The summed E-state index contributed by atoms with van der Waals surface area (Å²) in [6.45, 7) is 2.11. The highest BCUT2D eigenvalue weighted by molar-refractivity contribution is 7.99. The van der Waals surface area contributed by atoms with E-state index >= 15 is 0 Å². The number of aromatic nitrogens is 5. The van der Waals surface area contributed by atoms with E-state index in [9.17, 15) is 9.59 Å². The highest BCUT2D eigenvalue weighted by Gasteiger charge is 2.16. The van der Waals surface area contributed by atoms with Crippen molar-refractivity contribution >= 4 is 29.4 Å². The van der Waals surface area contributed by atoms with Crippen LogP contribution in [0, 0.1) is 6.92 Å². The third kappa shape index (κ3) is 5.68. The van der Waals surface area contributed by atoms with Crippen LogP contribution < -0.4 is 10.9 Å². The number of para-hydroxylation sites is 1. The highest BCUT2D eigenvalue weighted by atomic mass is 32.2. The molecule has 3 heterocycles. The van der Waals surface area contributed by atoms with Crippen LogP contribution in [0.2, 0.25) is 0 Å². The quantitative estimate of drug-likeness (QED) is 0.284. The third-order valence-electron chi connectivity index (χ3n) is 4.27. The van der Waals surface area contributed by atoms with Crippen molar-refractivity contribution in [2.75, 3.05) is 5.75 Å². The van der Waals surface area contributed by atoms with Gasteiger partial charge in [-0.2, -0.15) is 0 Å². The highest BCUT2D eigenvalue weighted by Crippen LogP contribution is 2.25. The lowest BCUT2D eigenvalue weighted by molar-refractivity contribution is -0.118. The minimum absolute atomic E-state index is 0.133. The first-order valence-corrected chi connectivity index (χ1v) is 11.7. The molecule has 4 aromatic rings. The van der Waals surface area contributed by atoms with E-state index in [1.165, 1.54) is 29.6 Å². The van der Waals surface area contributed by atoms with Crippen LogP contribution in [0.1, 0.15) is 17.3 Å². The maximum Gasteiger partial charge on any atom is 0.251 e. The van der Waals surface area contributed by atoms with Gasteiger partial charge in [0.25, 0.3) is 5.56 Å². The Hall–Kier alpha value is -3.31. The molecule has 0 atom stereocenters. The molecule has 3 aromatic heterocycles. The Balaban J connectivity index is 1.47. The van der Waals surface area contributed by atoms with Crippen molar-refractivity contribution in [2.24, 2.45) is 0 Å². The molecular formula is C21H20N6O3S2. The fourth-order valence-electron chi connectivity index (χ4n) is 2.86. The van der Waals surface area contributed by atoms with E-state index in [1.807, 2.05) is 34.9 Å². The number of rotatable bonds is 9. The van der Waals surface area contributed by atoms with Crippen molar-refractivity contribution in [3.8, 4) is 5.69 Å². The summed E-state index contributed by atoms with van der Waals surface area (Å²) in [6, 6.07) is 14.7. The molecule has 0 spiro atoms. The Kier molecular flexibility index (Phi) is 7.07. The van der Waals surface area contributed by atoms with Crippen LogP contribution in [-0.4, -0.2) is 36.4 Å². The van der Waals surface area contributed by atoms with Gasteiger partial charge in [-0.15, -0.1) is 10.2 Å². The number of benzene rings is 1. The zero-order valence-electron chi connectivity index (χ0n) is 17.1. The number of nitrogens with one attached hydrogen (secondary N) is 2. The molecule has 1 aromatic carbocycles. The Morgan fingerprint density at radius 1 is 1.16 bits per heavy atom. The number of aromatic amines is 1. The van der Waals surface area contributed by atoms with Crippen molar-refractivity contribution in [1.29, 1.82) is 0 Å². The predicted molar refractivity (Wildman–Crippen MR) is 122 cm³/mol. The van der Waals surface area contributed by atoms with Gasteiger partial charge < -0.3 is 14.7 Å². The molecular weight excluding hydrogens is 448 g/mol. The maximum atomic E-state index is 12.3. The predicted octanol–water partition coefficient (Wildman–Crippen LogP) is 2.95. The van der Waals surface area contributed by atoms with Gasteiger partial charge in [-0.3, -0.25) is 14.2 Å². The van der Waals surface area contributed by atoms with Crippen molar-refractivity contribution in [3.63, 3.8) is 0 Å². The van der Waals surface area contributed by atoms with Gasteiger partial charge in [0.05, 0.1) is 24.3 Å². The smallest absolute Gasteiger partial charge is 0.251 e. The topological polar surface area (TPSA) is 119 Å². The first-order chi connectivity index (χ1) is 15.6. The zero-order chi connectivity index (χ0) is 22.3. The fraction of sp³-hybridized carbons (Fsp3) is 0.190. The molecule has 32 heavy (non-hydrogen) atoms. The van der Waals surface area contributed by atoms with Gasteiger partial charge in [-0.1, -0.05) is 41.7 Å². The lowest BCUT2D eigenvalue weighted by Crippen LogP contribution is -2.24. The largest absolute Gasteiger partial charge is 0.467 e. The van der Waals surface area contributed by atoms with Crippen LogP contribution in [0.3, 0.4) is 0 Å². The minimum Gasteiger partial charge on any atom is -0.467 e. The van der Waals surface area contributed by atoms with Gasteiger partial charge in [0, 0.05) is 17.4 Å². The maximum absolute atomic E-state index is 12.3. The molecule has 4 rings (SSSR count). The molecule has 0 saturated carbocycles. The van der Waals surface area contributed by atoms with Crippen molar-refractivity contribution in [1.82, 2.24) is 30.0 Å². The normalized spacial score (nSPS) is 10.9. The van der Waals surface area contributed by atoms with Crippen LogP contribution in [0.5, 0.6) is 0 Å². The lowest BCUT2D eigenvalue weighted by atomic mass is 10.3. The molecule has 0 saturated heterocycles. The second-order valence-electron chi connectivity index (χ2n) is 6.70. The monoisotopic (exact) mass is 468 g/mol. The molecule has 11 heteroatoms. The second kappa shape index (κ2) is 10.3. The van der Waals surface area contributed by atoms with E-state index in [1.54, 1.807) is 25.3 Å². The van der Waals surface area contributed by atoms with Crippen LogP contribution in [-0.2, 0) is 17.1 Å². The molecule has 0 unspecified atom stereocenters. The van der Waals surface area contributed by atoms with E-state index in [-0.39, 0.29) is 17.2 Å². The third-order valence-corrected chi connectivity index (χ3v) is 6.07. The summed E-state index contributed by atoms with van der Waals surface area (Å²) in [5, 5.41) is 12.6. The average molecular weight is 469 g/mol. The molecule has 0 aliphatic heterocycles. The van der Waals surface area contributed by atoms with E-state index < -0.39 is 0 Å². The van der Waals surface area contributed by atoms with E-state index in [2.05, 4.69) is 25.5 Å². The van der Waals surface area contributed by atoms with E-state index in [4.69, 9.17) is 4.42 Å². The summed E-state index contributed by atoms with van der Waals surface area (Å²) < 4.78 is 7.14. The molecule has 164 valence electrons. The lowest BCUT2D eigenvalue weighted by Gasteiger charge is -2.10. The number of hydrogen-bond acceptors (Lipinski definition) is 8. The van der Waals surface area contributed by atoms with Crippen molar-refractivity contribution in [3.05, 3.63) is 82.4 Å². The summed E-state index contributed by atoms with van der Waals surface area (Å²) in [5.74, 6) is 1.87. The first-order valence-electron chi connectivity index (χ1n) is 9.71. The molecule has 1 amide bonds. The number of H-pyrrole nitrogens is 1. The number of carbonyl (C=O) groups is 1. The van der Waals surface area contributed by atoms with Gasteiger partial charge in [0.1, 0.15) is 11.6 Å². The SMILES string of the molecule is Cc1cc(=O)[nH]c(SCc2nnc(SCC(=O)NCc3ccco3)n2-c2ccccc2)n1. The molecule has 0 fully saturated rings. The summed E-state index contributed by atoms with van der Waals surface area (Å²) in [5.41, 5.74) is 1.34. The summed E-state index contributed by atoms with van der Waals surface area (Å²) in [7, 11) is 0. The Bertz CT molecular complexity index is 1240. The first kappa shape index (κ1) is 21.9. The molecule has 0 aliphatic rings. The number of amides is 1. The summed E-state index contributed by atoms with van der Waals surface area (Å²) in [6.07, 6.45) is 1.57. The molecule has 9 nitrogen and oxygen atoms in total. The van der Waals surface area contributed by atoms with E-state index in [0.717, 1.165) is 5.69 Å². The van der Waals surface area contributed by atoms with Crippen LogP contribution in [0.4, 0.5) is 0 Å². The van der Waals surface area contributed by atoms with Crippen molar-refractivity contribution in [2.45, 2.75) is 29.5 Å². The molecule has 0 radical (unpaired) electrons. The summed E-state index contributed by atoms with van der Waals surface area (Å²) >= 11 is 2.66. The molecule has 2 N–H and O–H groups in total. The minimum atomic E-state index is -0.193. The average Bonchev–Trinajstić information content (AvgIpc) is 3.44. The second-order valence-corrected chi connectivity index (χ2v) is 8.60. The number of furan rings is 1. The zero-order valence-corrected chi connectivity index (χ0v) is 18.8. The molecule has 0 bridgehead atoms. The Morgan fingerprint density at radius 2 is 2.00 bits per heavy atom.